The highest BCUT2D eigenvalue weighted by Crippen LogP contribution is 2.30. The highest BCUT2D eigenvalue weighted by Gasteiger charge is 2.19. The van der Waals surface area contributed by atoms with Crippen LogP contribution in [0.1, 0.15) is 17.4 Å². The fourth-order valence-corrected chi connectivity index (χ4v) is 1.67. The van der Waals surface area contributed by atoms with E-state index in [1.807, 2.05) is 18.2 Å². The molecular formula is C11H11ClO3. The molecule has 15 heavy (non-hydrogen) atoms. The van der Waals surface area contributed by atoms with E-state index in [2.05, 4.69) is 0 Å². The third-order valence-electron chi connectivity index (χ3n) is 2.21. The van der Waals surface area contributed by atoms with Gasteiger partial charge in [0.25, 0.3) is 6.29 Å². The third kappa shape index (κ3) is 2.02. The molecule has 4 heteroatoms. The summed E-state index contributed by atoms with van der Waals surface area (Å²) in [5.41, 5.74) is 1.88. The fraction of sp³-hybridized carbons (Fsp3) is 0.273. The van der Waals surface area contributed by atoms with Crippen LogP contribution in [0.15, 0.2) is 30.7 Å². The Labute approximate surface area is 93.2 Å². The summed E-state index contributed by atoms with van der Waals surface area (Å²) in [6.07, 6.45) is 2.66. The Morgan fingerprint density at radius 1 is 1.33 bits per heavy atom. The molecule has 3 nitrogen and oxygen atoms in total. The summed E-state index contributed by atoms with van der Waals surface area (Å²) < 4.78 is 15.6. The van der Waals surface area contributed by atoms with Crippen molar-refractivity contribution in [3.63, 3.8) is 0 Å². The van der Waals surface area contributed by atoms with Crippen LogP contribution in [0.2, 0.25) is 0 Å². The Kier molecular flexibility index (Phi) is 3.02. The van der Waals surface area contributed by atoms with Gasteiger partial charge in [-0.2, -0.15) is 0 Å². The van der Waals surface area contributed by atoms with Gasteiger partial charge in [0.1, 0.15) is 18.3 Å². The summed E-state index contributed by atoms with van der Waals surface area (Å²) in [6, 6.07) is 5.64. The zero-order valence-electron chi connectivity index (χ0n) is 8.27. The second-order valence-corrected chi connectivity index (χ2v) is 3.34. The molecule has 1 heterocycles. The van der Waals surface area contributed by atoms with Crippen molar-refractivity contribution in [2.45, 2.75) is 12.2 Å². The Morgan fingerprint density at radius 2 is 2.07 bits per heavy atom. The molecule has 0 radical (unpaired) electrons. The number of methoxy groups -OCH3 is 1. The SMILES string of the molecule is COc1ccc(C2OC=CO2)c(CCl)c1. The zero-order valence-corrected chi connectivity index (χ0v) is 9.03. The quantitative estimate of drug-likeness (QED) is 0.742. The number of rotatable bonds is 3. The predicted molar refractivity (Wildman–Crippen MR) is 56.6 cm³/mol. The van der Waals surface area contributed by atoms with Crippen molar-refractivity contribution >= 4 is 11.6 Å². The van der Waals surface area contributed by atoms with Crippen molar-refractivity contribution in [1.29, 1.82) is 0 Å². The molecule has 0 N–H and O–H groups in total. The van der Waals surface area contributed by atoms with E-state index < -0.39 is 0 Å². The van der Waals surface area contributed by atoms with Gasteiger partial charge in [-0.1, -0.05) is 0 Å². The lowest BCUT2D eigenvalue weighted by Crippen LogP contribution is -2.02. The second-order valence-electron chi connectivity index (χ2n) is 3.07. The highest BCUT2D eigenvalue weighted by molar-refractivity contribution is 6.17. The van der Waals surface area contributed by atoms with Gasteiger partial charge in [0.05, 0.1) is 7.11 Å². The van der Waals surface area contributed by atoms with Crippen LogP contribution >= 0.6 is 11.6 Å². The van der Waals surface area contributed by atoms with Crippen LogP contribution in [0.3, 0.4) is 0 Å². The molecule has 0 fully saturated rings. The van der Waals surface area contributed by atoms with Gasteiger partial charge in [0.2, 0.25) is 0 Å². The van der Waals surface area contributed by atoms with Crippen LogP contribution in [0, 0.1) is 0 Å². The van der Waals surface area contributed by atoms with Crippen LogP contribution in [0.25, 0.3) is 0 Å². The molecule has 1 aromatic rings. The second kappa shape index (κ2) is 4.45. The van der Waals surface area contributed by atoms with Gasteiger partial charge in [0.15, 0.2) is 0 Å². The summed E-state index contributed by atoms with van der Waals surface area (Å²) in [7, 11) is 1.62. The van der Waals surface area contributed by atoms with Gasteiger partial charge in [-0.3, -0.25) is 0 Å². The maximum Gasteiger partial charge on any atom is 0.266 e. The summed E-state index contributed by atoms with van der Waals surface area (Å²) in [5, 5.41) is 0. The number of benzene rings is 1. The molecule has 0 saturated carbocycles. The molecule has 80 valence electrons. The topological polar surface area (TPSA) is 27.7 Å². The Balaban J connectivity index is 2.29. The van der Waals surface area contributed by atoms with Crippen LogP contribution in [-0.2, 0) is 15.4 Å². The summed E-state index contributed by atoms with van der Waals surface area (Å²) in [4.78, 5) is 0. The van der Waals surface area contributed by atoms with Crippen LogP contribution in [0.5, 0.6) is 5.75 Å². The molecule has 0 amide bonds. The maximum atomic E-state index is 5.85. The largest absolute Gasteiger partial charge is 0.497 e. The van der Waals surface area contributed by atoms with E-state index in [1.54, 1.807) is 7.11 Å². The van der Waals surface area contributed by atoms with Crippen molar-refractivity contribution in [2.75, 3.05) is 7.11 Å². The molecule has 0 atom stereocenters. The first-order valence-corrected chi connectivity index (χ1v) is 5.07. The molecule has 2 rings (SSSR count). The van der Waals surface area contributed by atoms with E-state index in [1.165, 1.54) is 12.5 Å². The van der Waals surface area contributed by atoms with E-state index in [-0.39, 0.29) is 6.29 Å². The molecule has 0 saturated heterocycles. The van der Waals surface area contributed by atoms with E-state index in [4.69, 9.17) is 25.8 Å². The van der Waals surface area contributed by atoms with Crippen molar-refractivity contribution in [3.05, 3.63) is 41.9 Å². The van der Waals surface area contributed by atoms with E-state index in [0.29, 0.717) is 5.88 Å². The van der Waals surface area contributed by atoms with E-state index in [0.717, 1.165) is 16.9 Å². The van der Waals surface area contributed by atoms with Gasteiger partial charge in [-0.05, 0) is 23.8 Å². The van der Waals surface area contributed by atoms with Crippen LogP contribution < -0.4 is 4.74 Å². The minimum atomic E-state index is -0.385. The Hall–Kier alpha value is -1.35. The number of hydrogen-bond donors (Lipinski definition) is 0. The normalized spacial score (nSPS) is 14.8. The maximum absolute atomic E-state index is 5.85. The van der Waals surface area contributed by atoms with Gasteiger partial charge in [0, 0.05) is 11.4 Å². The van der Waals surface area contributed by atoms with Crippen molar-refractivity contribution < 1.29 is 14.2 Å². The Morgan fingerprint density at radius 3 is 2.67 bits per heavy atom. The van der Waals surface area contributed by atoms with Crippen LogP contribution in [0.4, 0.5) is 0 Å². The number of hydrogen-bond acceptors (Lipinski definition) is 3. The van der Waals surface area contributed by atoms with E-state index in [9.17, 15) is 0 Å². The van der Waals surface area contributed by atoms with Gasteiger partial charge >= 0.3 is 0 Å². The van der Waals surface area contributed by atoms with Gasteiger partial charge < -0.3 is 14.2 Å². The van der Waals surface area contributed by atoms with E-state index >= 15 is 0 Å². The molecule has 1 aliphatic heterocycles. The first-order chi connectivity index (χ1) is 7.35. The Bertz CT molecular complexity index is 368. The molecule has 1 aromatic carbocycles. The molecule has 0 aliphatic carbocycles. The fourth-order valence-electron chi connectivity index (χ4n) is 1.44. The van der Waals surface area contributed by atoms with Gasteiger partial charge in [-0.15, -0.1) is 11.6 Å². The lowest BCUT2D eigenvalue weighted by atomic mass is 10.1. The summed E-state index contributed by atoms with van der Waals surface area (Å²) >= 11 is 5.85. The first-order valence-electron chi connectivity index (χ1n) is 4.54. The summed E-state index contributed by atoms with van der Waals surface area (Å²) in [6.45, 7) is 0. The molecular weight excluding hydrogens is 216 g/mol. The average molecular weight is 227 g/mol. The summed E-state index contributed by atoms with van der Waals surface area (Å²) in [5.74, 6) is 1.18. The number of halogens is 1. The smallest absolute Gasteiger partial charge is 0.266 e. The molecule has 0 bridgehead atoms. The molecule has 0 aromatic heterocycles. The van der Waals surface area contributed by atoms with Crippen molar-refractivity contribution in [2.24, 2.45) is 0 Å². The number of alkyl halides is 1. The molecule has 1 aliphatic rings. The monoisotopic (exact) mass is 226 g/mol. The average Bonchev–Trinajstić information content (AvgIpc) is 2.81. The van der Waals surface area contributed by atoms with Crippen molar-refractivity contribution in [3.8, 4) is 5.75 Å². The molecule has 0 spiro atoms. The molecule has 0 unspecified atom stereocenters. The zero-order chi connectivity index (χ0) is 10.7. The minimum absolute atomic E-state index is 0.385. The predicted octanol–water partition coefficient (Wildman–Crippen LogP) is 2.95. The lowest BCUT2D eigenvalue weighted by Gasteiger charge is -2.14. The van der Waals surface area contributed by atoms with Crippen molar-refractivity contribution in [1.82, 2.24) is 0 Å². The third-order valence-corrected chi connectivity index (χ3v) is 2.50. The standard InChI is InChI=1S/C11H11ClO3/c1-13-9-2-3-10(8(6-9)7-12)11-14-4-5-15-11/h2-6,11H,7H2,1H3. The van der Waals surface area contributed by atoms with Gasteiger partial charge in [-0.25, -0.2) is 0 Å². The minimum Gasteiger partial charge on any atom is -0.497 e. The first kappa shape index (κ1) is 10.2. The lowest BCUT2D eigenvalue weighted by molar-refractivity contribution is -0.0251. The number of ether oxygens (including phenoxy) is 3. The highest BCUT2D eigenvalue weighted by atomic mass is 35.5. The van der Waals surface area contributed by atoms with Crippen LogP contribution in [-0.4, -0.2) is 7.11 Å².